The highest BCUT2D eigenvalue weighted by Crippen LogP contribution is 2.17. The molecule has 2 N–H and O–H groups in total. The number of anilines is 1. The molecular weight excluding hydrogens is 312 g/mol. The Hall–Kier alpha value is -2.71. The standard InChI is InChI=1S/C15H20N6O3/c1-9-11(10(2)24-19-9)5-6-12(22)16-14-13(17-20-18-14)15(23)21-7-3-4-8-21/h3-8H2,1-2H3,(H2,16,17,18,20,22). The summed E-state index contributed by atoms with van der Waals surface area (Å²) in [6.07, 6.45) is 2.73. The van der Waals surface area contributed by atoms with E-state index >= 15 is 0 Å². The van der Waals surface area contributed by atoms with Crippen LogP contribution in [-0.4, -0.2) is 50.4 Å². The van der Waals surface area contributed by atoms with Gasteiger partial charge in [0.15, 0.2) is 11.5 Å². The Morgan fingerprint density at radius 2 is 2.00 bits per heavy atom. The van der Waals surface area contributed by atoms with Gasteiger partial charge in [-0.2, -0.15) is 5.21 Å². The van der Waals surface area contributed by atoms with Crippen LogP contribution in [0.4, 0.5) is 5.82 Å². The molecular formula is C15H20N6O3. The number of aromatic amines is 1. The van der Waals surface area contributed by atoms with Crippen molar-refractivity contribution in [1.29, 1.82) is 0 Å². The van der Waals surface area contributed by atoms with Gasteiger partial charge in [0.2, 0.25) is 5.91 Å². The highest BCUT2D eigenvalue weighted by Gasteiger charge is 2.25. The van der Waals surface area contributed by atoms with Crippen molar-refractivity contribution < 1.29 is 14.1 Å². The van der Waals surface area contributed by atoms with Crippen LogP contribution in [0, 0.1) is 13.8 Å². The van der Waals surface area contributed by atoms with E-state index in [4.69, 9.17) is 4.52 Å². The SMILES string of the molecule is Cc1noc(C)c1CCC(=O)Nc1n[nH]nc1C(=O)N1CCCC1. The molecule has 0 radical (unpaired) electrons. The van der Waals surface area contributed by atoms with Crippen LogP contribution in [0.25, 0.3) is 0 Å². The first-order valence-electron chi connectivity index (χ1n) is 7.98. The van der Waals surface area contributed by atoms with Gasteiger partial charge >= 0.3 is 0 Å². The number of carbonyl (C=O) groups is 2. The van der Waals surface area contributed by atoms with Crippen LogP contribution in [0.5, 0.6) is 0 Å². The number of H-pyrrole nitrogens is 1. The Labute approximate surface area is 138 Å². The molecule has 0 aliphatic carbocycles. The smallest absolute Gasteiger partial charge is 0.278 e. The average Bonchev–Trinajstić information content (AvgIpc) is 3.28. The number of aromatic nitrogens is 4. The Morgan fingerprint density at radius 3 is 2.67 bits per heavy atom. The third-order valence-electron chi connectivity index (χ3n) is 4.18. The molecule has 3 rings (SSSR count). The zero-order valence-corrected chi connectivity index (χ0v) is 13.8. The van der Waals surface area contributed by atoms with E-state index in [1.54, 1.807) is 4.90 Å². The summed E-state index contributed by atoms with van der Waals surface area (Å²) in [5, 5.41) is 16.7. The number of likely N-dealkylation sites (tertiary alicyclic amines) is 1. The monoisotopic (exact) mass is 332 g/mol. The Kier molecular flexibility index (Phi) is 4.59. The van der Waals surface area contributed by atoms with Gasteiger partial charge in [-0.05, 0) is 33.1 Å². The molecule has 0 unspecified atom stereocenters. The van der Waals surface area contributed by atoms with E-state index in [1.165, 1.54) is 0 Å². The molecule has 1 saturated heterocycles. The van der Waals surface area contributed by atoms with Crippen molar-refractivity contribution in [3.05, 3.63) is 22.7 Å². The lowest BCUT2D eigenvalue weighted by atomic mass is 10.1. The van der Waals surface area contributed by atoms with Gasteiger partial charge < -0.3 is 14.7 Å². The molecule has 0 spiro atoms. The molecule has 24 heavy (non-hydrogen) atoms. The van der Waals surface area contributed by atoms with Crippen molar-refractivity contribution in [3.8, 4) is 0 Å². The lowest BCUT2D eigenvalue weighted by Gasteiger charge is -2.13. The van der Waals surface area contributed by atoms with Gasteiger partial charge in [-0.25, -0.2) is 0 Å². The molecule has 9 nitrogen and oxygen atoms in total. The number of hydrogen-bond acceptors (Lipinski definition) is 6. The lowest BCUT2D eigenvalue weighted by molar-refractivity contribution is -0.116. The zero-order valence-electron chi connectivity index (χ0n) is 13.8. The average molecular weight is 332 g/mol. The highest BCUT2D eigenvalue weighted by atomic mass is 16.5. The van der Waals surface area contributed by atoms with Gasteiger partial charge in [0.25, 0.3) is 5.91 Å². The fourth-order valence-corrected chi connectivity index (χ4v) is 2.83. The fourth-order valence-electron chi connectivity index (χ4n) is 2.83. The van der Waals surface area contributed by atoms with Gasteiger partial charge in [-0.15, -0.1) is 10.2 Å². The van der Waals surface area contributed by atoms with Crippen molar-refractivity contribution in [2.75, 3.05) is 18.4 Å². The number of nitrogens with one attached hydrogen (secondary N) is 2. The number of aryl methyl sites for hydroxylation is 2. The normalized spacial score (nSPS) is 14.2. The van der Waals surface area contributed by atoms with E-state index in [0.29, 0.717) is 25.3 Å². The number of carbonyl (C=O) groups excluding carboxylic acids is 2. The number of nitrogens with zero attached hydrogens (tertiary/aromatic N) is 4. The molecule has 0 atom stereocenters. The molecule has 0 aromatic carbocycles. The summed E-state index contributed by atoms with van der Waals surface area (Å²) in [6.45, 7) is 5.09. The van der Waals surface area contributed by atoms with E-state index in [0.717, 1.165) is 24.1 Å². The maximum absolute atomic E-state index is 12.4. The minimum Gasteiger partial charge on any atom is -0.361 e. The summed E-state index contributed by atoms with van der Waals surface area (Å²) >= 11 is 0. The molecule has 1 aliphatic rings. The number of rotatable bonds is 5. The predicted molar refractivity (Wildman–Crippen MR) is 84.4 cm³/mol. The molecule has 0 saturated carbocycles. The lowest BCUT2D eigenvalue weighted by Crippen LogP contribution is -2.29. The second-order valence-corrected chi connectivity index (χ2v) is 5.87. The molecule has 128 valence electrons. The first-order valence-corrected chi connectivity index (χ1v) is 7.98. The third-order valence-corrected chi connectivity index (χ3v) is 4.18. The number of amides is 2. The van der Waals surface area contributed by atoms with Gasteiger partial charge in [0, 0.05) is 25.1 Å². The Morgan fingerprint density at radius 1 is 1.25 bits per heavy atom. The first kappa shape index (κ1) is 16.2. The van der Waals surface area contributed by atoms with E-state index in [2.05, 4.69) is 25.9 Å². The summed E-state index contributed by atoms with van der Waals surface area (Å²) in [5.74, 6) is 0.448. The largest absolute Gasteiger partial charge is 0.361 e. The molecule has 2 aromatic heterocycles. The van der Waals surface area contributed by atoms with Crippen LogP contribution >= 0.6 is 0 Å². The molecule has 2 amide bonds. The second-order valence-electron chi connectivity index (χ2n) is 5.87. The Bertz CT molecular complexity index is 725. The quantitative estimate of drug-likeness (QED) is 0.850. The van der Waals surface area contributed by atoms with Crippen molar-refractivity contribution >= 4 is 17.6 Å². The number of hydrogen-bond donors (Lipinski definition) is 2. The summed E-state index contributed by atoms with van der Waals surface area (Å²) in [5.41, 5.74) is 1.87. The molecule has 9 heteroatoms. The van der Waals surface area contributed by atoms with Crippen LogP contribution in [0.3, 0.4) is 0 Å². The maximum atomic E-state index is 12.4. The van der Waals surface area contributed by atoms with E-state index < -0.39 is 0 Å². The summed E-state index contributed by atoms with van der Waals surface area (Å²) in [7, 11) is 0. The van der Waals surface area contributed by atoms with Crippen LogP contribution in [0.2, 0.25) is 0 Å². The summed E-state index contributed by atoms with van der Waals surface area (Å²) < 4.78 is 5.08. The van der Waals surface area contributed by atoms with Gasteiger partial charge in [0.1, 0.15) is 5.76 Å². The first-order chi connectivity index (χ1) is 11.6. The van der Waals surface area contributed by atoms with Crippen LogP contribution in [-0.2, 0) is 11.2 Å². The van der Waals surface area contributed by atoms with Crippen LogP contribution in [0.1, 0.15) is 46.8 Å². The topological polar surface area (TPSA) is 117 Å². The molecule has 2 aromatic rings. The minimum atomic E-state index is -0.237. The summed E-state index contributed by atoms with van der Waals surface area (Å²) in [6, 6.07) is 0. The molecule has 3 heterocycles. The van der Waals surface area contributed by atoms with Gasteiger partial charge in [-0.1, -0.05) is 5.16 Å². The van der Waals surface area contributed by atoms with Crippen LogP contribution in [0.15, 0.2) is 4.52 Å². The van der Waals surface area contributed by atoms with Crippen LogP contribution < -0.4 is 5.32 Å². The van der Waals surface area contributed by atoms with Gasteiger partial charge in [0.05, 0.1) is 5.69 Å². The fraction of sp³-hybridized carbons (Fsp3) is 0.533. The van der Waals surface area contributed by atoms with E-state index in [9.17, 15) is 9.59 Å². The minimum absolute atomic E-state index is 0.155. The summed E-state index contributed by atoms with van der Waals surface area (Å²) in [4.78, 5) is 26.3. The molecule has 1 aliphatic heterocycles. The predicted octanol–water partition coefficient (Wildman–Crippen LogP) is 1.22. The van der Waals surface area contributed by atoms with Gasteiger partial charge in [-0.3, -0.25) is 9.59 Å². The highest BCUT2D eigenvalue weighted by molar-refractivity contribution is 6.01. The van der Waals surface area contributed by atoms with Crippen molar-refractivity contribution in [2.24, 2.45) is 0 Å². The molecule has 0 bridgehead atoms. The molecule has 1 fully saturated rings. The maximum Gasteiger partial charge on any atom is 0.278 e. The van der Waals surface area contributed by atoms with E-state index in [1.807, 2.05) is 13.8 Å². The van der Waals surface area contributed by atoms with Crippen molar-refractivity contribution in [1.82, 2.24) is 25.5 Å². The van der Waals surface area contributed by atoms with Crippen molar-refractivity contribution in [3.63, 3.8) is 0 Å². The van der Waals surface area contributed by atoms with E-state index in [-0.39, 0.29) is 29.7 Å². The zero-order chi connectivity index (χ0) is 17.1. The second kappa shape index (κ2) is 6.81. The van der Waals surface area contributed by atoms with Crippen molar-refractivity contribution in [2.45, 2.75) is 39.5 Å². The third kappa shape index (κ3) is 3.29. The Balaban J connectivity index is 1.61.